The Kier molecular flexibility index (Phi) is 5.39. The number of aliphatic hydroxyl groups excluding tert-OH is 1. The SMILES string of the molecule is O=C(O)c1ccc(CN2CC[C@@H](O)[C@H](C3CCCC3)C2)c(Br)c1. The molecule has 1 saturated heterocycles. The maximum Gasteiger partial charge on any atom is 0.335 e. The topological polar surface area (TPSA) is 60.8 Å². The fourth-order valence-corrected chi connectivity index (χ4v) is 4.59. The molecule has 2 atom stereocenters. The quantitative estimate of drug-likeness (QED) is 0.837. The highest BCUT2D eigenvalue weighted by Crippen LogP contribution is 2.36. The van der Waals surface area contributed by atoms with E-state index in [0.717, 1.165) is 36.1 Å². The van der Waals surface area contributed by atoms with Crippen molar-refractivity contribution in [1.29, 1.82) is 0 Å². The van der Waals surface area contributed by atoms with E-state index in [2.05, 4.69) is 20.8 Å². The molecule has 0 radical (unpaired) electrons. The zero-order valence-electron chi connectivity index (χ0n) is 13.2. The van der Waals surface area contributed by atoms with Gasteiger partial charge in [-0.15, -0.1) is 0 Å². The summed E-state index contributed by atoms with van der Waals surface area (Å²) < 4.78 is 0.848. The molecule has 1 aromatic carbocycles. The van der Waals surface area contributed by atoms with Gasteiger partial charge in [-0.25, -0.2) is 4.79 Å². The van der Waals surface area contributed by atoms with Crippen LogP contribution in [0.5, 0.6) is 0 Å². The molecule has 3 rings (SSSR count). The lowest BCUT2D eigenvalue weighted by Crippen LogP contribution is -2.45. The number of piperidine rings is 1. The van der Waals surface area contributed by atoms with Gasteiger partial charge in [-0.05, 0) is 30.0 Å². The van der Waals surface area contributed by atoms with Gasteiger partial charge >= 0.3 is 5.97 Å². The first-order valence-corrected chi connectivity index (χ1v) is 9.26. The van der Waals surface area contributed by atoms with Gasteiger partial charge in [0.2, 0.25) is 0 Å². The van der Waals surface area contributed by atoms with Gasteiger partial charge in [-0.2, -0.15) is 0 Å². The Morgan fingerprint density at radius 3 is 2.65 bits per heavy atom. The molecule has 1 heterocycles. The van der Waals surface area contributed by atoms with Crippen molar-refractivity contribution in [3.8, 4) is 0 Å². The van der Waals surface area contributed by atoms with E-state index >= 15 is 0 Å². The molecule has 2 aliphatic rings. The second-order valence-electron chi connectivity index (χ2n) is 6.91. The molecule has 0 aromatic heterocycles. The first-order valence-electron chi connectivity index (χ1n) is 8.46. The van der Waals surface area contributed by atoms with Crippen LogP contribution in [0.1, 0.15) is 48.0 Å². The van der Waals surface area contributed by atoms with Gasteiger partial charge in [-0.1, -0.05) is 47.7 Å². The van der Waals surface area contributed by atoms with Crippen molar-refractivity contribution in [3.63, 3.8) is 0 Å². The normalized spacial score (nSPS) is 26.5. The van der Waals surface area contributed by atoms with Crippen molar-refractivity contribution < 1.29 is 15.0 Å². The van der Waals surface area contributed by atoms with Crippen LogP contribution in [0, 0.1) is 11.8 Å². The average Bonchev–Trinajstić information content (AvgIpc) is 3.05. The van der Waals surface area contributed by atoms with E-state index in [0.29, 0.717) is 17.4 Å². The predicted octanol–water partition coefficient (Wildman–Crippen LogP) is 3.52. The second kappa shape index (κ2) is 7.32. The van der Waals surface area contributed by atoms with Crippen molar-refractivity contribution in [1.82, 2.24) is 4.90 Å². The Hall–Kier alpha value is -0.910. The van der Waals surface area contributed by atoms with Crippen LogP contribution in [0.25, 0.3) is 0 Å². The van der Waals surface area contributed by atoms with E-state index in [1.54, 1.807) is 12.1 Å². The lowest BCUT2D eigenvalue weighted by Gasteiger charge is -2.39. The predicted molar refractivity (Wildman–Crippen MR) is 92.5 cm³/mol. The Bertz CT molecular complexity index is 571. The van der Waals surface area contributed by atoms with E-state index in [4.69, 9.17) is 5.11 Å². The van der Waals surface area contributed by atoms with Gasteiger partial charge in [0.15, 0.2) is 0 Å². The van der Waals surface area contributed by atoms with Gasteiger partial charge in [0.1, 0.15) is 0 Å². The number of carboxylic acid groups (broad SMARTS) is 1. The van der Waals surface area contributed by atoms with Crippen LogP contribution in [-0.4, -0.2) is 40.3 Å². The third-order valence-corrected chi connectivity index (χ3v) is 6.14. The highest BCUT2D eigenvalue weighted by molar-refractivity contribution is 9.10. The van der Waals surface area contributed by atoms with E-state index in [-0.39, 0.29) is 6.10 Å². The summed E-state index contributed by atoms with van der Waals surface area (Å²) in [5, 5.41) is 19.4. The molecule has 23 heavy (non-hydrogen) atoms. The molecular weight excluding hydrogens is 358 g/mol. The summed E-state index contributed by atoms with van der Waals surface area (Å²) >= 11 is 3.50. The smallest absolute Gasteiger partial charge is 0.335 e. The summed E-state index contributed by atoms with van der Waals surface area (Å²) in [5.41, 5.74) is 1.41. The number of benzene rings is 1. The molecule has 1 aliphatic carbocycles. The molecule has 1 aromatic rings. The van der Waals surface area contributed by atoms with Gasteiger partial charge in [0.25, 0.3) is 0 Å². The average molecular weight is 382 g/mol. The lowest BCUT2D eigenvalue weighted by atomic mass is 9.82. The summed E-state index contributed by atoms with van der Waals surface area (Å²) in [5.74, 6) is 0.161. The van der Waals surface area contributed by atoms with Crippen molar-refractivity contribution in [3.05, 3.63) is 33.8 Å². The Morgan fingerprint density at radius 1 is 1.26 bits per heavy atom. The first-order chi connectivity index (χ1) is 11.0. The highest BCUT2D eigenvalue weighted by Gasteiger charge is 2.35. The summed E-state index contributed by atoms with van der Waals surface area (Å²) in [6.07, 6.45) is 5.80. The fraction of sp³-hybridized carbons (Fsp3) is 0.611. The van der Waals surface area contributed by atoms with E-state index in [1.807, 2.05) is 6.07 Å². The molecule has 4 nitrogen and oxygen atoms in total. The Morgan fingerprint density at radius 2 is 2.00 bits per heavy atom. The number of aliphatic hydroxyl groups is 1. The monoisotopic (exact) mass is 381 g/mol. The van der Waals surface area contributed by atoms with Crippen molar-refractivity contribution in [2.75, 3.05) is 13.1 Å². The number of hydrogen-bond donors (Lipinski definition) is 2. The molecule has 0 unspecified atom stereocenters. The van der Waals surface area contributed by atoms with Crippen LogP contribution in [0.2, 0.25) is 0 Å². The number of aromatic carboxylic acids is 1. The molecule has 0 bridgehead atoms. The second-order valence-corrected chi connectivity index (χ2v) is 7.77. The molecule has 1 aliphatic heterocycles. The standard InChI is InChI=1S/C18H24BrNO3/c19-16-9-13(18(22)23)5-6-14(16)10-20-8-7-17(21)15(11-20)12-3-1-2-4-12/h5-6,9,12,15,17,21H,1-4,7-8,10-11H2,(H,22,23)/t15-,17+/m0/s1. The van der Waals surface area contributed by atoms with Crippen LogP contribution < -0.4 is 0 Å². The summed E-state index contributed by atoms with van der Waals surface area (Å²) in [6, 6.07) is 5.23. The zero-order valence-corrected chi connectivity index (χ0v) is 14.8. The fourth-order valence-electron chi connectivity index (χ4n) is 4.08. The summed E-state index contributed by atoms with van der Waals surface area (Å²) in [4.78, 5) is 13.4. The number of hydrogen-bond acceptors (Lipinski definition) is 3. The van der Waals surface area contributed by atoms with Gasteiger partial charge < -0.3 is 10.2 Å². The third-order valence-electron chi connectivity index (χ3n) is 5.40. The summed E-state index contributed by atoms with van der Waals surface area (Å²) in [6.45, 7) is 2.65. The first kappa shape index (κ1) is 16.9. The molecule has 0 amide bonds. The molecule has 2 N–H and O–H groups in total. The van der Waals surface area contributed by atoms with Crippen molar-refractivity contribution in [2.45, 2.75) is 44.8 Å². The summed E-state index contributed by atoms with van der Waals surface area (Å²) in [7, 11) is 0. The maximum absolute atomic E-state index is 11.0. The molecule has 2 fully saturated rings. The van der Waals surface area contributed by atoms with Gasteiger partial charge in [-0.3, -0.25) is 4.90 Å². The molecule has 1 saturated carbocycles. The third kappa shape index (κ3) is 3.95. The van der Waals surface area contributed by atoms with Crippen molar-refractivity contribution in [2.24, 2.45) is 11.8 Å². The van der Waals surface area contributed by atoms with Gasteiger partial charge in [0, 0.05) is 30.0 Å². The maximum atomic E-state index is 11.0. The Labute approximate surface area is 145 Å². The number of carboxylic acids is 1. The minimum absolute atomic E-state index is 0.160. The van der Waals surface area contributed by atoms with Gasteiger partial charge in [0.05, 0.1) is 11.7 Å². The molecular formula is C18H24BrNO3. The highest BCUT2D eigenvalue weighted by atomic mass is 79.9. The van der Waals surface area contributed by atoms with Crippen LogP contribution >= 0.6 is 15.9 Å². The number of halogens is 1. The van der Waals surface area contributed by atoms with E-state index < -0.39 is 5.97 Å². The number of rotatable bonds is 4. The zero-order chi connectivity index (χ0) is 16.4. The molecule has 126 valence electrons. The lowest BCUT2D eigenvalue weighted by molar-refractivity contribution is -0.00278. The van der Waals surface area contributed by atoms with Crippen LogP contribution in [-0.2, 0) is 6.54 Å². The number of carbonyl (C=O) groups is 1. The molecule has 5 heteroatoms. The molecule has 0 spiro atoms. The largest absolute Gasteiger partial charge is 0.478 e. The van der Waals surface area contributed by atoms with Crippen LogP contribution in [0.4, 0.5) is 0 Å². The van der Waals surface area contributed by atoms with E-state index in [9.17, 15) is 9.90 Å². The minimum Gasteiger partial charge on any atom is -0.478 e. The van der Waals surface area contributed by atoms with Crippen LogP contribution in [0.15, 0.2) is 22.7 Å². The minimum atomic E-state index is -0.903. The van der Waals surface area contributed by atoms with Crippen molar-refractivity contribution >= 4 is 21.9 Å². The number of nitrogens with zero attached hydrogens (tertiary/aromatic N) is 1. The number of likely N-dealkylation sites (tertiary alicyclic amines) is 1. The van der Waals surface area contributed by atoms with E-state index in [1.165, 1.54) is 25.7 Å². The Balaban J connectivity index is 1.66. The van der Waals surface area contributed by atoms with Crippen LogP contribution in [0.3, 0.4) is 0 Å².